The van der Waals surface area contributed by atoms with Crippen molar-refractivity contribution >= 4 is 24.2 Å². The van der Waals surface area contributed by atoms with Crippen LogP contribution < -0.4 is 0 Å². The minimum atomic E-state index is -1.75. The predicted molar refractivity (Wildman–Crippen MR) is 83.2 cm³/mol. The first kappa shape index (κ1) is 17.2. The third kappa shape index (κ3) is 5.59. The highest BCUT2D eigenvalue weighted by molar-refractivity contribution is 9.09. The molecule has 1 unspecified atom stereocenters. The molecule has 0 amide bonds. The summed E-state index contributed by atoms with van der Waals surface area (Å²) >= 11 is 3.35. The van der Waals surface area contributed by atoms with Crippen LogP contribution in [0.15, 0.2) is 0 Å². The van der Waals surface area contributed by atoms with E-state index in [1.54, 1.807) is 0 Å². The Morgan fingerprint density at radius 2 is 1.71 bits per heavy atom. The molecule has 1 atom stereocenters. The van der Waals surface area contributed by atoms with Gasteiger partial charge in [-0.25, -0.2) is 0 Å². The van der Waals surface area contributed by atoms with Gasteiger partial charge in [-0.05, 0) is 31.5 Å². The van der Waals surface area contributed by atoms with Crippen LogP contribution in [0.1, 0.15) is 47.5 Å². The molecule has 0 spiro atoms. The van der Waals surface area contributed by atoms with E-state index in [1.807, 2.05) is 0 Å². The molecule has 0 aliphatic heterocycles. The van der Waals surface area contributed by atoms with Crippen LogP contribution in [0.3, 0.4) is 0 Å². The molecule has 0 saturated carbocycles. The fourth-order valence-corrected chi connectivity index (χ4v) is 3.28. The lowest BCUT2D eigenvalue weighted by molar-refractivity contribution is 0.121. The zero-order valence-electron chi connectivity index (χ0n) is 12.4. The summed E-state index contributed by atoms with van der Waals surface area (Å²) < 4.78 is 6.48. The van der Waals surface area contributed by atoms with E-state index in [0.29, 0.717) is 5.33 Å². The second kappa shape index (κ2) is 6.40. The molecule has 0 aromatic rings. The van der Waals surface area contributed by atoms with Gasteiger partial charge >= 0.3 is 0 Å². The van der Waals surface area contributed by atoms with E-state index in [2.05, 4.69) is 75.5 Å². The van der Waals surface area contributed by atoms with Crippen LogP contribution in [0.4, 0.5) is 0 Å². The topological polar surface area (TPSA) is 9.23 Å². The van der Waals surface area contributed by atoms with Crippen LogP contribution in [0.5, 0.6) is 0 Å². The summed E-state index contributed by atoms with van der Waals surface area (Å²) in [4.78, 5) is 0. The molecule has 0 heterocycles. The summed E-state index contributed by atoms with van der Waals surface area (Å²) in [5.41, 5.74) is -0.286. The van der Waals surface area contributed by atoms with Crippen molar-refractivity contribution in [2.45, 2.75) is 71.2 Å². The van der Waals surface area contributed by atoms with Gasteiger partial charge in [-0.15, -0.1) is 0 Å². The predicted octanol–water partition coefficient (Wildman–Crippen LogP) is 4.97. The van der Waals surface area contributed by atoms with E-state index < -0.39 is 8.32 Å². The molecule has 0 aliphatic rings. The Morgan fingerprint density at radius 3 is 2.06 bits per heavy atom. The van der Waals surface area contributed by atoms with Gasteiger partial charge in [-0.3, -0.25) is 0 Å². The average molecular weight is 319 g/mol. The first-order valence-corrected chi connectivity index (χ1v) is 10.4. The molecule has 0 aromatic carbocycles. The van der Waals surface area contributed by atoms with Crippen LogP contribution in [-0.4, -0.2) is 19.2 Å². The lowest BCUT2D eigenvalue weighted by atomic mass is 10.0. The summed E-state index contributed by atoms with van der Waals surface area (Å²) in [7, 11) is -1.75. The van der Waals surface area contributed by atoms with Crippen LogP contribution in [0, 0.1) is 11.8 Å². The molecule has 0 aromatic heterocycles. The van der Waals surface area contributed by atoms with Crippen LogP contribution in [0.2, 0.25) is 18.1 Å². The van der Waals surface area contributed by atoms with Crippen LogP contribution in [-0.2, 0) is 4.43 Å². The molecule has 0 rings (SSSR count). The minimum Gasteiger partial charge on any atom is -0.401 e. The Morgan fingerprint density at radius 1 is 1.18 bits per heavy atom. The van der Waals surface area contributed by atoms with Crippen molar-refractivity contribution in [1.29, 1.82) is 0 Å². The number of alkyl halides is 1. The van der Waals surface area contributed by atoms with Gasteiger partial charge < -0.3 is 4.43 Å². The fraction of sp³-hybridized carbons (Fsp3) is 0.857. The zero-order chi connectivity index (χ0) is 13.7. The van der Waals surface area contributed by atoms with Crippen LogP contribution in [0.25, 0.3) is 0 Å². The smallest absolute Gasteiger partial charge is 0.194 e. The monoisotopic (exact) mass is 318 g/mol. The molecule has 0 radical (unpaired) electrons. The summed E-state index contributed by atoms with van der Waals surface area (Å²) in [6.07, 6.45) is 2.10. The Labute approximate surface area is 117 Å². The molecule has 17 heavy (non-hydrogen) atoms. The van der Waals surface area contributed by atoms with Gasteiger partial charge in [-0.2, -0.15) is 0 Å². The molecule has 0 bridgehead atoms. The number of rotatable bonds is 4. The van der Waals surface area contributed by atoms with Gasteiger partial charge in [0.05, 0.1) is 5.33 Å². The quantitative estimate of drug-likeness (QED) is 0.404. The molecule has 0 N–H and O–H groups in total. The lowest BCUT2D eigenvalue weighted by Crippen LogP contribution is -2.48. The Balaban J connectivity index is 5.00. The van der Waals surface area contributed by atoms with Gasteiger partial charge in [0.25, 0.3) is 0 Å². The number of halogens is 1. The van der Waals surface area contributed by atoms with Crippen molar-refractivity contribution in [3.63, 3.8) is 0 Å². The highest BCUT2D eigenvalue weighted by atomic mass is 79.9. The van der Waals surface area contributed by atoms with Crippen molar-refractivity contribution in [3.8, 4) is 11.8 Å². The van der Waals surface area contributed by atoms with Crippen molar-refractivity contribution in [2.75, 3.05) is 5.33 Å². The Bertz CT molecular complexity index is 296. The molecule has 1 nitrogen and oxygen atoms in total. The first-order valence-electron chi connectivity index (χ1n) is 6.34. The molecule has 0 fully saturated rings. The van der Waals surface area contributed by atoms with E-state index in [9.17, 15) is 0 Å². The first-order chi connectivity index (χ1) is 7.58. The standard InChI is InChI=1S/C14H27BrOSi/c1-8-10-14(5,11-9-12-15)16-17(6,7)13(2,3)4/h8,10,12H2,1-7H3. The van der Waals surface area contributed by atoms with Gasteiger partial charge in [0.2, 0.25) is 0 Å². The Hall–Kier alpha value is 0.217. The fourth-order valence-electron chi connectivity index (χ4n) is 1.55. The molecular weight excluding hydrogens is 292 g/mol. The lowest BCUT2D eigenvalue weighted by Gasteiger charge is -2.42. The number of hydrogen-bond donors (Lipinski definition) is 0. The van der Waals surface area contributed by atoms with Gasteiger partial charge in [0.1, 0.15) is 5.60 Å². The molecule has 0 saturated heterocycles. The van der Waals surface area contributed by atoms with E-state index in [-0.39, 0.29) is 10.6 Å². The van der Waals surface area contributed by atoms with Gasteiger partial charge in [0, 0.05) is 0 Å². The van der Waals surface area contributed by atoms with Gasteiger partial charge in [0.15, 0.2) is 8.32 Å². The normalized spacial score (nSPS) is 16.0. The summed E-state index contributed by atoms with van der Waals surface area (Å²) in [5.74, 6) is 6.40. The third-order valence-corrected chi connectivity index (χ3v) is 8.29. The highest BCUT2D eigenvalue weighted by Gasteiger charge is 2.42. The summed E-state index contributed by atoms with van der Waals surface area (Å²) in [6.45, 7) is 15.7. The average Bonchev–Trinajstić information content (AvgIpc) is 2.12. The maximum atomic E-state index is 6.48. The SMILES string of the molecule is CCCC(C)(C#CCBr)O[Si](C)(C)C(C)(C)C. The molecular formula is C14H27BrOSi. The van der Waals surface area contributed by atoms with E-state index in [4.69, 9.17) is 4.43 Å². The summed E-state index contributed by atoms with van der Waals surface area (Å²) in [5, 5.41) is 0.950. The minimum absolute atomic E-state index is 0.234. The van der Waals surface area contributed by atoms with Crippen molar-refractivity contribution in [2.24, 2.45) is 0 Å². The van der Waals surface area contributed by atoms with Gasteiger partial charge in [-0.1, -0.05) is 61.9 Å². The Kier molecular flexibility index (Phi) is 6.48. The van der Waals surface area contributed by atoms with Crippen LogP contribution >= 0.6 is 15.9 Å². The van der Waals surface area contributed by atoms with Crippen molar-refractivity contribution in [1.82, 2.24) is 0 Å². The highest BCUT2D eigenvalue weighted by Crippen LogP contribution is 2.39. The summed E-state index contributed by atoms with van der Waals surface area (Å²) in [6, 6.07) is 0. The molecule has 100 valence electrons. The largest absolute Gasteiger partial charge is 0.401 e. The molecule has 0 aliphatic carbocycles. The second-order valence-corrected chi connectivity index (χ2v) is 11.6. The maximum absolute atomic E-state index is 6.48. The van der Waals surface area contributed by atoms with Crippen molar-refractivity contribution in [3.05, 3.63) is 0 Å². The maximum Gasteiger partial charge on any atom is 0.194 e. The number of hydrogen-bond acceptors (Lipinski definition) is 1. The second-order valence-electron chi connectivity index (χ2n) is 6.28. The van der Waals surface area contributed by atoms with E-state index in [1.165, 1.54) is 0 Å². The van der Waals surface area contributed by atoms with Crippen molar-refractivity contribution < 1.29 is 4.43 Å². The zero-order valence-corrected chi connectivity index (χ0v) is 15.0. The molecule has 3 heteroatoms. The van der Waals surface area contributed by atoms with E-state index >= 15 is 0 Å². The third-order valence-electron chi connectivity index (χ3n) is 3.43. The van der Waals surface area contributed by atoms with E-state index in [0.717, 1.165) is 12.8 Å².